The molecule has 3 aromatic rings. The fourth-order valence-corrected chi connectivity index (χ4v) is 3.67. The summed E-state index contributed by atoms with van der Waals surface area (Å²) >= 11 is 0. The summed E-state index contributed by atoms with van der Waals surface area (Å²) in [4.78, 5) is 0. The van der Waals surface area contributed by atoms with Crippen LogP contribution in [0.25, 0.3) is 0 Å². The van der Waals surface area contributed by atoms with Crippen LogP contribution in [0.3, 0.4) is 0 Å². The molecule has 3 aromatic carbocycles. The molecule has 0 heterocycles. The topological polar surface area (TPSA) is 60.7 Å². The fourth-order valence-electron chi connectivity index (χ4n) is 3.67. The third-order valence-corrected chi connectivity index (χ3v) is 6.12. The van der Waals surface area contributed by atoms with Crippen LogP contribution in [0.1, 0.15) is 105 Å². The van der Waals surface area contributed by atoms with Crippen molar-refractivity contribution >= 4 is 0 Å². The minimum Gasteiger partial charge on any atom is -0.508 e. The molecule has 37 heavy (non-hydrogen) atoms. The van der Waals surface area contributed by atoms with Gasteiger partial charge in [0.25, 0.3) is 0 Å². The van der Waals surface area contributed by atoms with E-state index in [-0.39, 0.29) is 21.7 Å². The van der Waals surface area contributed by atoms with E-state index >= 15 is 0 Å². The second-order valence-electron chi connectivity index (χ2n) is 13.8. The summed E-state index contributed by atoms with van der Waals surface area (Å²) in [6.45, 7) is 25.6. The van der Waals surface area contributed by atoms with Crippen LogP contribution in [0, 0.1) is 0 Å². The van der Waals surface area contributed by atoms with Crippen LogP contribution < -0.4 is 0 Å². The van der Waals surface area contributed by atoms with Gasteiger partial charge in [-0.3, -0.25) is 0 Å². The summed E-state index contributed by atoms with van der Waals surface area (Å²) in [6, 6.07) is 20.7. The van der Waals surface area contributed by atoms with E-state index in [1.807, 2.05) is 36.4 Å². The molecule has 0 unspecified atom stereocenters. The summed E-state index contributed by atoms with van der Waals surface area (Å²) in [6.07, 6.45) is 0. The Kier molecular flexibility index (Phi) is 10.5. The maximum atomic E-state index is 9.84. The van der Waals surface area contributed by atoms with E-state index in [0.717, 1.165) is 11.1 Å². The Labute approximate surface area is 226 Å². The van der Waals surface area contributed by atoms with E-state index in [0.29, 0.717) is 17.2 Å². The number of phenols is 3. The van der Waals surface area contributed by atoms with Gasteiger partial charge >= 0.3 is 0 Å². The van der Waals surface area contributed by atoms with Crippen LogP contribution in [0.4, 0.5) is 0 Å². The van der Waals surface area contributed by atoms with Gasteiger partial charge in [0.15, 0.2) is 0 Å². The van der Waals surface area contributed by atoms with Gasteiger partial charge in [-0.2, -0.15) is 0 Å². The minimum atomic E-state index is -0.00859. The molecular formula is C34H50O3. The molecule has 0 aliphatic heterocycles. The zero-order chi connectivity index (χ0) is 28.8. The van der Waals surface area contributed by atoms with Crippen molar-refractivity contribution in [3.05, 3.63) is 89.0 Å². The van der Waals surface area contributed by atoms with E-state index in [1.54, 1.807) is 24.3 Å². The predicted octanol–water partition coefficient (Wildman–Crippen LogP) is 9.37. The monoisotopic (exact) mass is 506 g/mol. The largest absolute Gasteiger partial charge is 0.508 e. The summed E-state index contributed by atoms with van der Waals surface area (Å²) < 4.78 is 0. The van der Waals surface area contributed by atoms with Crippen molar-refractivity contribution in [3.63, 3.8) is 0 Å². The second kappa shape index (κ2) is 12.1. The van der Waals surface area contributed by atoms with E-state index in [1.165, 1.54) is 11.1 Å². The lowest BCUT2D eigenvalue weighted by Gasteiger charge is -2.25. The van der Waals surface area contributed by atoms with E-state index in [2.05, 4.69) is 89.2 Å². The molecule has 0 bridgehead atoms. The zero-order valence-electron chi connectivity index (χ0n) is 25.2. The van der Waals surface area contributed by atoms with Crippen LogP contribution >= 0.6 is 0 Å². The van der Waals surface area contributed by atoms with Crippen LogP contribution in [0.15, 0.2) is 66.7 Å². The smallest absolute Gasteiger partial charge is 0.119 e. The number of phenolic OH excluding ortho intramolecular Hbond substituents is 3. The van der Waals surface area contributed by atoms with Gasteiger partial charge < -0.3 is 15.3 Å². The van der Waals surface area contributed by atoms with E-state index in [9.17, 15) is 10.2 Å². The molecule has 3 heteroatoms. The Morgan fingerprint density at radius 2 is 0.811 bits per heavy atom. The highest BCUT2D eigenvalue weighted by Gasteiger charge is 2.22. The van der Waals surface area contributed by atoms with Gasteiger partial charge in [0.05, 0.1) is 0 Å². The highest BCUT2D eigenvalue weighted by Crippen LogP contribution is 2.34. The molecule has 0 aromatic heterocycles. The summed E-state index contributed by atoms with van der Waals surface area (Å²) in [7, 11) is 0. The molecule has 0 saturated heterocycles. The van der Waals surface area contributed by atoms with Crippen LogP contribution in [-0.4, -0.2) is 15.3 Å². The molecule has 0 radical (unpaired) electrons. The van der Waals surface area contributed by atoms with Crippen LogP contribution in [0.2, 0.25) is 0 Å². The third kappa shape index (κ3) is 10.5. The molecule has 3 N–H and O–H groups in total. The first-order valence-electron chi connectivity index (χ1n) is 13.1. The second-order valence-corrected chi connectivity index (χ2v) is 13.8. The lowest BCUT2D eigenvalue weighted by Crippen LogP contribution is -2.16. The SMILES string of the molecule is CC(C)(C)c1ccc(O)c(C(C)(C)C)c1.CC(C)(C)c1ccc(O)cc1.CC(C)(C)c1ccccc1O. The minimum absolute atomic E-state index is 0.00859. The Morgan fingerprint density at radius 3 is 1.19 bits per heavy atom. The van der Waals surface area contributed by atoms with Crippen molar-refractivity contribution in [1.82, 2.24) is 0 Å². The van der Waals surface area contributed by atoms with Crippen molar-refractivity contribution < 1.29 is 15.3 Å². The Bertz CT molecular complexity index is 1110. The molecule has 0 amide bonds. The van der Waals surface area contributed by atoms with Gasteiger partial charge in [-0.1, -0.05) is 126 Å². The van der Waals surface area contributed by atoms with Crippen LogP contribution in [0.5, 0.6) is 17.2 Å². The first-order valence-corrected chi connectivity index (χ1v) is 13.1. The average molecular weight is 507 g/mol. The number of benzene rings is 3. The molecule has 0 fully saturated rings. The fraction of sp³-hybridized carbons (Fsp3) is 0.471. The zero-order valence-corrected chi connectivity index (χ0v) is 25.2. The van der Waals surface area contributed by atoms with Gasteiger partial charge in [0, 0.05) is 0 Å². The molecule has 0 aliphatic carbocycles. The maximum absolute atomic E-state index is 9.84. The van der Waals surface area contributed by atoms with Crippen molar-refractivity contribution in [2.45, 2.75) is 105 Å². The first kappa shape index (κ1) is 32.1. The predicted molar refractivity (Wildman–Crippen MR) is 159 cm³/mol. The lowest BCUT2D eigenvalue weighted by molar-refractivity contribution is 0.444. The molecule has 0 aliphatic rings. The summed E-state index contributed by atoms with van der Waals surface area (Å²) in [5.41, 5.74) is 4.87. The van der Waals surface area contributed by atoms with Gasteiger partial charge in [-0.15, -0.1) is 0 Å². The van der Waals surface area contributed by atoms with E-state index in [4.69, 9.17) is 5.11 Å². The number of para-hydroxylation sites is 1. The highest BCUT2D eigenvalue weighted by molar-refractivity contribution is 5.42. The van der Waals surface area contributed by atoms with Crippen molar-refractivity contribution in [2.24, 2.45) is 0 Å². The Hall–Kier alpha value is -2.94. The maximum Gasteiger partial charge on any atom is 0.119 e. The van der Waals surface area contributed by atoms with Crippen molar-refractivity contribution in [3.8, 4) is 17.2 Å². The lowest BCUT2D eigenvalue weighted by atomic mass is 9.80. The van der Waals surface area contributed by atoms with Crippen molar-refractivity contribution in [1.29, 1.82) is 0 Å². The van der Waals surface area contributed by atoms with Crippen LogP contribution in [-0.2, 0) is 21.7 Å². The number of hydrogen-bond acceptors (Lipinski definition) is 3. The quantitative estimate of drug-likeness (QED) is 0.284. The van der Waals surface area contributed by atoms with Gasteiger partial charge in [-0.05, 0) is 68.2 Å². The molecular weight excluding hydrogens is 456 g/mol. The number of hydrogen-bond donors (Lipinski definition) is 3. The third-order valence-electron chi connectivity index (χ3n) is 6.12. The average Bonchev–Trinajstić information content (AvgIpc) is 2.72. The Morgan fingerprint density at radius 1 is 0.405 bits per heavy atom. The standard InChI is InChI=1S/C14H22O.2C10H14O/c1-13(2,3)10-7-8-12(15)11(9-10)14(4,5)6;1-10(2,3)8-4-6-9(11)7-5-8;1-10(2,3)8-6-4-5-7-9(8)11/h7-9,15H,1-6H3;2*4-7,11H,1-3H3. The summed E-state index contributed by atoms with van der Waals surface area (Å²) in [5.74, 6) is 1.12. The first-order chi connectivity index (χ1) is 16.6. The molecule has 0 spiro atoms. The highest BCUT2D eigenvalue weighted by atomic mass is 16.3. The summed E-state index contributed by atoms with van der Waals surface area (Å²) in [5, 5.41) is 28.3. The molecule has 0 saturated carbocycles. The van der Waals surface area contributed by atoms with Gasteiger partial charge in [0.2, 0.25) is 0 Å². The van der Waals surface area contributed by atoms with Gasteiger partial charge in [0.1, 0.15) is 17.2 Å². The Balaban J connectivity index is 0.000000283. The number of aromatic hydroxyl groups is 3. The van der Waals surface area contributed by atoms with Crippen molar-refractivity contribution in [2.75, 3.05) is 0 Å². The molecule has 3 rings (SSSR count). The molecule has 0 atom stereocenters. The number of rotatable bonds is 0. The normalized spacial score (nSPS) is 12.1. The molecule has 3 nitrogen and oxygen atoms in total. The van der Waals surface area contributed by atoms with E-state index < -0.39 is 0 Å². The molecule has 204 valence electrons. The van der Waals surface area contributed by atoms with Gasteiger partial charge in [-0.25, -0.2) is 0 Å².